The number of esters is 1. The van der Waals surface area contributed by atoms with Gasteiger partial charge in [0.15, 0.2) is 12.7 Å². The maximum absolute atomic E-state index is 11.8. The van der Waals surface area contributed by atoms with Gasteiger partial charge < -0.3 is 14.8 Å². The third kappa shape index (κ3) is 7.06. The fourth-order valence-electron chi connectivity index (χ4n) is 1.52. The fourth-order valence-corrected chi connectivity index (χ4v) is 1.98. The van der Waals surface area contributed by atoms with E-state index in [1.807, 2.05) is 5.32 Å². The summed E-state index contributed by atoms with van der Waals surface area (Å²) < 4.78 is 10.1. The Morgan fingerprint density at radius 3 is 2.42 bits per heavy atom. The molecule has 0 saturated heterocycles. The van der Waals surface area contributed by atoms with Crippen LogP contribution in [0.4, 0.5) is 4.79 Å². The molecule has 132 valence electrons. The topological polar surface area (TPSA) is 93.7 Å². The number of rotatable bonds is 6. The zero-order chi connectivity index (χ0) is 18.3. The summed E-state index contributed by atoms with van der Waals surface area (Å²) in [6.45, 7) is 4.32. The minimum Gasteiger partial charge on any atom is -0.477 e. The third-order valence-corrected chi connectivity index (χ3v) is 3.08. The minimum atomic E-state index is -0.999. The second-order valence-corrected chi connectivity index (χ2v) is 5.96. The van der Waals surface area contributed by atoms with Gasteiger partial charge in [-0.2, -0.15) is 0 Å². The lowest BCUT2D eigenvalue weighted by Gasteiger charge is -2.15. The first-order valence-corrected chi connectivity index (χ1v) is 7.83. The van der Waals surface area contributed by atoms with Crippen LogP contribution in [0.1, 0.15) is 20.8 Å². The highest BCUT2D eigenvalue weighted by Gasteiger charge is 2.19. The molecule has 0 unspecified atom stereocenters. The third-order valence-electron chi connectivity index (χ3n) is 2.55. The summed E-state index contributed by atoms with van der Waals surface area (Å²) in [5.74, 6) is -1.27. The number of halogens is 2. The molecule has 0 aliphatic rings. The van der Waals surface area contributed by atoms with Crippen molar-refractivity contribution in [2.24, 2.45) is 0 Å². The van der Waals surface area contributed by atoms with E-state index in [2.05, 4.69) is 5.32 Å². The largest absolute Gasteiger partial charge is 0.477 e. The van der Waals surface area contributed by atoms with E-state index in [9.17, 15) is 14.4 Å². The van der Waals surface area contributed by atoms with Crippen LogP contribution in [0, 0.1) is 0 Å². The monoisotopic (exact) mass is 376 g/mol. The smallest absolute Gasteiger partial charge is 0.347 e. The number of carbonyl (C=O) groups is 3. The van der Waals surface area contributed by atoms with Crippen LogP contribution in [-0.4, -0.2) is 36.7 Å². The van der Waals surface area contributed by atoms with E-state index in [1.54, 1.807) is 19.9 Å². The Morgan fingerprint density at radius 1 is 1.17 bits per heavy atom. The van der Waals surface area contributed by atoms with Crippen LogP contribution in [0.25, 0.3) is 0 Å². The van der Waals surface area contributed by atoms with Gasteiger partial charge in [0.25, 0.3) is 5.91 Å². The number of nitrogens with one attached hydrogen (secondary N) is 2. The number of ether oxygens (including phenoxy) is 2. The summed E-state index contributed by atoms with van der Waals surface area (Å²) >= 11 is 11.7. The molecule has 0 fully saturated rings. The van der Waals surface area contributed by atoms with Crippen LogP contribution in [-0.2, 0) is 14.3 Å². The number of hydrogen-bond acceptors (Lipinski definition) is 5. The van der Waals surface area contributed by atoms with Gasteiger partial charge in [-0.15, -0.1) is 0 Å². The van der Waals surface area contributed by atoms with E-state index in [0.717, 1.165) is 0 Å². The maximum atomic E-state index is 11.8. The van der Waals surface area contributed by atoms with Gasteiger partial charge in [-0.25, -0.2) is 9.59 Å². The second-order valence-electron chi connectivity index (χ2n) is 5.12. The van der Waals surface area contributed by atoms with Crippen molar-refractivity contribution in [3.05, 3.63) is 28.2 Å². The number of amides is 3. The number of imide groups is 1. The molecule has 1 atom stereocenters. The quantitative estimate of drug-likeness (QED) is 0.744. The molecular formula is C15H18Cl2N2O5. The highest BCUT2D eigenvalue weighted by atomic mass is 35.5. The van der Waals surface area contributed by atoms with E-state index in [0.29, 0.717) is 5.02 Å². The first-order chi connectivity index (χ1) is 11.2. The van der Waals surface area contributed by atoms with Crippen LogP contribution < -0.4 is 15.4 Å². The lowest BCUT2D eigenvalue weighted by molar-refractivity contribution is -0.154. The van der Waals surface area contributed by atoms with Crippen molar-refractivity contribution in [2.75, 3.05) is 6.61 Å². The zero-order valence-electron chi connectivity index (χ0n) is 13.4. The first-order valence-electron chi connectivity index (χ1n) is 7.07. The van der Waals surface area contributed by atoms with Crippen LogP contribution in [0.15, 0.2) is 18.2 Å². The number of carbonyl (C=O) groups excluding carboxylic acids is 3. The predicted octanol–water partition coefficient (Wildman–Crippen LogP) is 2.54. The lowest BCUT2D eigenvalue weighted by atomic mass is 10.3. The van der Waals surface area contributed by atoms with Gasteiger partial charge in [-0.3, -0.25) is 10.1 Å². The molecule has 0 aromatic heterocycles. The molecule has 0 bridgehead atoms. The van der Waals surface area contributed by atoms with E-state index < -0.39 is 30.6 Å². The van der Waals surface area contributed by atoms with E-state index >= 15 is 0 Å². The first kappa shape index (κ1) is 20.1. The maximum Gasteiger partial charge on any atom is 0.347 e. The molecule has 7 nitrogen and oxygen atoms in total. The van der Waals surface area contributed by atoms with Gasteiger partial charge in [0.05, 0.1) is 5.02 Å². The highest BCUT2D eigenvalue weighted by Crippen LogP contribution is 2.28. The zero-order valence-corrected chi connectivity index (χ0v) is 14.9. The van der Waals surface area contributed by atoms with Crippen molar-refractivity contribution in [3.8, 4) is 5.75 Å². The Bertz CT molecular complexity index is 622. The van der Waals surface area contributed by atoms with Gasteiger partial charge in [0.2, 0.25) is 0 Å². The van der Waals surface area contributed by atoms with Crippen molar-refractivity contribution in [2.45, 2.75) is 32.9 Å². The van der Waals surface area contributed by atoms with Crippen molar-refractivity contribution < 1.29 is 23.9 Å². The van der Waals surface area contributed by atoms with Crippen molar-refractivity contribution >= 4 is 41.1 Å². The molecule has 1 aromatic carbocycles. The Labute approximate surface area is 149 Å². The summed E-state index contributed by atoms with van der Waals surface area (Å²) in [7, 11) is 0. The normalized spacial score (nSPS) is 11.6. The molecule has 0 spiro atoms. The molecule has 1 aromatic rings. The van der Waals surface area contributed by atoms with Gasteiger partial charge >= 0.3 is 12.0 Å². The fraction of sp³-hybridized carbons (Fsp3) is 0.400. The molecule has 2 N–H and O–H groups in total. The van der Waals surface area contributed by atoms with Gasteiger partial charge in [-0.1, -0.05) is 23.2 Å². The predicted molar refractivity (Wildman–Crippen MR) is 89.3 cm³/mol. The van der Waals surface area contributed by atoms with E-state index in [4.69, 9.17) is 32.7 Å². The van der Waals surface area contributed by atoms with Crippen molar-refractivity contribution in [1.82, 2.24) is 10.6 Å². The summed E-state index contributed by atoms with van der Waals surface area (Å²) in [5, 5.41) is 5.16. The second kappa shape index (κ2) is 9.34. The summed E-state index contributed by atoms with van der Waals surface area (Å²) in [5.41, 5.74) is 0. The van der Waals surface area contributed by atoms with Crippen molar-refractivity contribution in [3.63, 3.8) is 0 Å². The summed E-state index contributed by atoms with van der Waals surface area (Å²) in [4.78, 5) is 34.6. The van der Waals surface area contributed by atoms with Crippen LogP contribution in [0.5, 0.6) is 5.75 Å². The molecule has 0 radical (unpaired) electrons. The average Bonchev–Trinajstić information content (AvgIpc) is 2.46. The van der Waals surface area contributed by atoms with E-state index in [1.165, 1.54) is 19.1 Å². The van der Waals surface area contributed by atoms with E-state index in [-0.39, 0.29) is 16.8 Å². The Morgan fingerprint density at radius 2 is 1.83 bits per heavy atom. The Balaban J connectivity index is 2.44. The molecule has 0 heterocycles. The number of urea groups is 1. The Kier molecular flexibility index (Phi) is 7.81. The molecule has 9 heteroatoms. The molecule has 0 aliphatic heterocycles. The molecule has 24 heavy (non-hydrogen) atoms. The SMILES string of the molecule is CC(C)NC(=O)NC(=O)COC(=O)[C@H](C)Oc1ccc(Cl)cc1Cl. The molecule has 0 aliphatic carbocycles. The van der Waals surface area contributed by atoms with Crippen LogP contribution >= 0.6 is 23.2 Å². The molecular weight excluding hydrogens is 359 g/mol. The van der Waals surface area contributed by atoms with Gasteiger partial charge in [0.1, 0.15) is 5.75 Å². The molecule has 0 saturated carbocycles. The number of hydrogen-bond donors (Lipinski definition) is 2. The number of benzene rings is 1. The van der Waals surface area contributed by atoms with Gasteiger partial charge in [-0.05, 0) is 39.0 Å². The van der Waals surface area contributed by atoms with Gasteiger partial charge in [0, 0.05) is 11.1 Å². The average molecular weight is 377 g/mol. The lowest BCUT2D eigenvalue weighted by Crippen LogP contribution is -2.44. The highest BCUT2D eigenvalue weighted by molar-refractivity contribution is 6.35. The molecule has 1 rings (SSSR count). The Hall–Kier alpha value is -1.99. The minimum absolute atomic E-state index is 0.127. The van der Waals surface area contributed by atoms with Crippen molar-refractivity contribution in [1.29, 1.82) is 0 Å². The van der Waals surface area contributed by atoms with Crippen LogP contribution in [0.2, 0.25) is 10.0 Å². The summed E-state index contributed by atoms with van der Waals surface area (Å²) in [6.07, 6.45) is -0.999. The summed E-state index contributed by atoms with van der Waals surface area (Å²) in [6, 6.07) is 3.75. The molecule has 3 amide bonds. The van der Waals surface area contributed by atoms with Crippen LogP contribution in [0.3, 0.4) is 0 Å². The standard InChI is InChI=1S/C15H18Cl2N2O5/c1-8(2)18-15(22)19-13(20)7-23-14(21)9(3)24-12-5-4-10(16)6-11(12)17/h4-6,8-9H,7H2,1-3H3,(H2,18,19,20,22)/t9-/m0/s1.